The van der Waals surface area contributed by atoms with E-state index in [1.165, 1.54) is 4.88 Å². The van der Waals surface area contributed by atoms with Gasteiger partial charge in [-0.25, -0.2) is 4.79 Å². The fourth-order valence-corrected chi connectivity index (χ4v) is 3.16. The highest BCUT2D eigenvalue weighted by Gasteiger charge is 2.21. The Morgan fingerprint density at radius 3 is 2.81 bits per heavy atom. The van der Waals surface area contributed by atoms with E-state index in [1.54, 1.807) is 23.9 Å². The molecule has 2 amide bonds. The zero-order valence-corrected chi connectivity index (χ0v) is 12.6. The number of piperazine rings is 1. The van der Waals surface area contributed by atoms with Crippen LogP contribution >= 0.6 is 11.3 Å². The van der Waals surface area contributed by atoms with Gasteiger partial charge in [0.1, 0.15) is 0 Å². The smallest absolute Gasteiger partial charge is 0.317 e. The first-order valence-electron chi connectivity index (χ1n) is 7.10. The molecule has 0 atom stereocenters. The largest absolute Gasteiger partial charge is 0.472 e. The Kier molecular flexibility index (Phi) is 4.57. The van der Waals surface area contributed by atoms with E-state index < -0.39 is 0 Å². The SMILES string of the molecule is O=C(NCc1ccoc1)N1CCN(Cc2cccs2)CC1. The van der Waals surface area contributed by atoms with Gasteiger partial charge in [0.2, 0.25) is 0 Å². The van der Waals surface area contributed by atoms with E-state index in [-0.39, 0.29) is 6.03 Å². The van der Waals surface area contributed by atoms with Gasteiger partial charge in [-0.3, -0.25) is 4.90 Å². The summed E-state index contributed by atoms with van der Waals surface area (Å²) >= 11 is 1.79. The van der Waals surface area contributed by atoms with Crippen LogP contribution in [0.2, 0.25) is 0 Å². The van der Waals surface area contributed by atoms with Gasteiger partial charge in [0, 0.05) is 49.7 Å². The average Bonchev–Trinajstić information content (AvgIpc) is 3.19. The van der Waals surface area contributed by atoms with Crippen molar-refractivity contribution in [3.05, 3.63) is 46.5 Å². The van der Waals surface area contributed by atoms with Gasteiger partial charge >= 0.3 is 6.03 Å². The fraction of sp³-hybridized carbons (Fsp3) is 0.400. The van der Waals surface area contributed by atoms with Crippen molar-refractivity contribution < 1.29 is 9.21 Å². The molecule has 3 rings (SSSR count). The average molecular weight is 305 g/mol. The number of hydrogen-bond donors (Lipinski definition) is 1. The van der Waals surface area contributed by atoms with Crippen LogP contribution in [0, 0.1) is 0 Å². The molecule has 2 aromatic rings. The molecule has 21 heavy (non-hydrogen) atoms. The molecule has 6 heteroatoms. The molecule has 0 saturated carbocycles. The summed E-state index contributed by atoms with van der Waals surface area (Å²) in [4.78, 5) is 17.7. The predicted octanol–water partition coefficient (Wildman–Crippen LogP) is 2.37. The molecule has 1 fully saturated rings. The third kappa shape index (κ3) is 3.86. The van der Waals surface area contributed by atoms with Crippen molar-refractivity contribution in [2.75, 3.05) is 26.2 Å². The molecule has 0 spiro atoms. The van der Waals surface area contributed by atoms with Gasteiger partial charge in [-0.2, -0.15) is 0 Å². The molecule has 3 heterocycles. The zero-order chi connectivity index (χ0) is 14.5. The normalized spacial score (nSPS) is 16.1. The lowest BCUT2D eigenvalue weighted by atomic mass is 10.3. The Hall–Kier alpha value is -1.79. The maximum absolute atomic E-state index is 12.1. The van der Waals surface area contributed by atoms with Crippen LogP contribution in [0.4, 0.5) is 4.79 Å². The van der Waals surface area contributed by atoms with E-state index in [1.807, 2.05) is 11.0 Å². The lowest BCUT2D eigenvalue weighted by molar-refractivity contribution is 0.135. The number of carbonyl (C=O) groups is 1. The number of urea groups is 1. The summed E-state index contributed by atoms with van der Waals surface area (Å²) in [6.45, 7) is 4.92. The van der Waals surface area contributed by atoms with Crippen LogP contribution in [-0.4, -0.2) is 42.0 Å². The first-order chi connectivity index (χ1) is 10.3. The molecule has 112 valence electrons. The molecule has 0 unspecified atom stereocenters. The Morgan fingerprint density at radius 2 is 2.14 bits per heavy atom. The number of hydrogen-bond acceptors (Lipinski definition) is 4. The molecule has 5 nitrogen and oxygen atoms in total. The van der Waals surface area contributed by atoms with Gasteiger partial charge in [-0.15, -0.1) is 11.3 Å². The van der Waals surface area contributed by atoms with E-state index in [0.29, 0.717) is 6.54 Å². The van der Waals surface area contributed by atoms with Crippen LogP contribution in [0.15, 0.2) is 40.5 Å². The van der Waals surface area contributed by atoms with Gasteiger partial charge < -0.3 is 14.6 Å². The summed E-state index contributed by atoms with van der Waals surface area (Å²) in [7, 11) is 0. The molecule has 0 aliphatic carbocycles. The van der Waals surface area contributed by atoms with Gasteiger partial charge in [-0.1, -0.05) is 6.07 Å². The maximum atomic E-state index is 12.1. The number of furan rings is 1. The number of nitrogens with one attached hydrogen (secondary N) is 1. The molecule has 0 radical (unpaired) electrons. The summed E-state index contributed by atoms with van der Waals surface area (Å²) in [5, 5.41) is 5.03. The third-order valence-electron chi connectivity index (χ3n) is 3.64. The quantitative estimate of drug-likeness (QED) is 0.943. The molecule has 1 saturated heterocycles. The van der Waals surface area contributed by atoms with E-state index in [2.05, 4.69) is 27.7 Å². The van der Waals surface area contributed by atoms with Crippen LogP contribution in [0.5, 0.6) is 0 Å². The van der Waals surface area contributed by atoms with E-state index in [4.69, 9.17) is 4.42 Å². The van der Waals surface area contributed by atoms with Crippen LogP contribution in [0.1, 0.15) is 10.4 Å². The standard InChI is InChI=1S/C15H19N3O2S/c19-15(16-10-13-3-8-20-12-13)18-6-4-17(5-7-18)11-14-2-1-9-21-14/h1-3,8-9,12H,4-7,10-11H2,(H,16,19). The Labute approximate surface area is 128 Å². The summed E-state index contributed by atoms with van der Waals surface area (Å²) in [5.74, 6) is 0. The predicted molar refractivity (Wildman–Crippen MR) is 82.1 cm³/mol. The molecule has 0 bridgehead atoms. The molecule has 1 aliphatic heterocycles. The highest BCUT2D eigenvalue weighted by atomic mass is 32.1. The van der Waals surface area contributed by atoms with Crippen molar-refractivity contribution in [1.82, 2.24) is 15.1 Å². The first-order valence-corrected chi connectivity index (χ1v) is 7.98. The van der Waals surface area contributed by atoms with Crippen molar-refractivity contribution in [3.63, 3.8) is 0 Å². The van der Waals surface area contributed by atoms with Crippen molar-refractivity contribution in [3.8, 4) is 0 Å². The Morgan fingerprint density at radius 1 is 1.29 bits per heavy atom. The summed E-state index contributed by atoms with van der Waals surface area (Å²) in [6, 6.07) is 6.11. The molecule has 2 aromatic heterocycles. The van der Waals surface area contributed by atoms with Crippen LogP contribution in [-0.2, 0) is 13.1 Å². The number of rotatable bonds is 4. The van der Waals surface area contributed by atoms with Gasteiger partial charge in [0.25, 0.3) is 0 Å². The number of amides is 2. The van der Waals surface area contributed by atoms with Crippen molar-refractivity contribution in [1.29, 1.82) is 0 Å². The van der Waals surface area contributed by atoms with Crippen LogP contribution in [0.3, 0.4) is 0 Å². The number of carbonyl (C=O) groups excluding carboxylic acids is 1. The van der Waals surface area contributed by atoms with Crippen molar-refractivity contribution in [2.24, 2.45) is 0 Å². The van der Waals surface area contributed by atoms with Crippen molar-refractivity contribution in [2.45, 2.75) is 13.1 Å². The maximum Gasteiger partial charge on any atom is 0.317 e. The highest BCUT2D eigenvalue weighted by molar-refractivity contribution is 7.09. The molecule has 0 aromatic carbocycles. The van der Waals surface area contributed by atoms with Gasteiger partial charge in [-0.05, 0) is 17.5 Å². The minimum absolute atomic E-state index is 0.00646. The topological polar surface area (TPSA) is 48.7 Å². The van der Waals surface area contributed by atoms with Gasteiger partial charge in [0.05, 0.1) is 12.5 Å². The van der Waals surface area contributed by atoms with Crippen LogP contribution in [0.25, 0.3) is 0 Å². The third-order valence-corrected chi connectivity index (χ3v) is 4.50. The summed E-state index contributed by atoms with van der Waals surface area (Å²) in [5.41, 5.74) is 0.986. The molecular formula is C15H19N3O2S. The van der Waals surface area contributed by atoms with E-state index in [9.17, 15) is 4.79 Å². The summed E-state index contributed by atoms with van der Waals surface area (Å²) < 4.78 is 4.99. The Bertz CT molecular complexity index is 546. The minimum Gasteiger partial charge on any atom is -0.472 e. The molecule has 1 aliphatic rings. The molecular weight excluding hydrogens is 286 g/mol. The fourth-order valence-electron chi connectivity index (χ4n) is 2.41. The second-order valence-corrected chi connectivity index (χ2v) is 6.17. The number of nitrogens with zero attached hydrogens (tertiary/aromatic N) is 2. The monoisotopic (exact) mass is 305 g/mol. The lowest BCUT2D eigenvalue weighted by Crippen LogP contribution is -2.51. The van der Waals surface area contributed by atoms with Crippen molar-refractivity contribution >= 4 is 17.4 Å². The van der Waals surface area contributed by atoms with Gasteiger partial charge in [0.15, 0.2) is 0 Å². The second kappa shape index (κ2) is 6.78. The van der Waals surface area contributed by atoms with E-state index >= 15 is 0 Å². The molecule has 1 N–H and O–H groups in total. The minimum atomic E-state index is 0.00646. The number of thiophene rings is 1. The summed E-state index contributed by atoms with van der Waals surface area (Å²) in [6.07, 6.45) is 3.27. The highest BCUT2D eigenvalue weighted by Crippen LogP contribution is 2.13. The first kappa shape index (κ1) is 14.2. The zero-order valence-electron chi connectivity index (χ0n) is 11.8. The van der Waals surface area contributed by atoms with E-state index in [0.717, 1.165) is 38.3 Å². The van der Waals surface area contributed by atoms with Crippen LogP contribution < -0.4 is 5.32 Å². The second-order valence-electron chi connectivity index (χ2n) is 5.13. The Balaban J connectivity index is 1.41. The lowest BCUT2D eigenvalue weighted by Gasteiger charge is -2.34.